The summed E-state index contributed by atoms with van der Waals surface area (Å²) in [7, 11) is 0. The van der Waals surface area contributed by atoms with Gasteiger partial charge in [0.1, 0.15) is 43.2 Å². The average Bonchev–Trinajstić information content (AvgIpc) is 3.71. The minimum atomic E-state index is -1.64. The predicted molar refractivity (Wildman–Crippen MR) is 236 cm³/mol. The van der Waals surface area contributed by atoms with Crippen molar-refractivity contribution in [2.75, 3.05) is 30.0 Å². The highest BCUT2D eigenvalue weighted by molar-refractivity contribution is 7.99. The molecule has 6 N–H and O–H groups in total. The number of nitrogens with one attached hydrogen (secondary N) is 2. The van der Waals surface area contributed by atoms with Crippen molar-refractivity contribution >= 4 is 41.3 Å². The number of esters is 2. The first kappa shape index (κ1) is 54.3. The van der Waals surface area contributed by atoms with E-state index in [2.05, 4.69) is 41.7 Å². The quantitative estimate of drug-likeness (QED) is 0.0322. The molecule has 2 rings (SSSR count). The Bertz CT molecular complexity index is 1340. The molecule has 1 aliphatic rings. The highest BCUT2D eigenvalue weighted by Gasteiger charge is 2.44. The number of aromatic nitrogens is 3. The molecule has 1 aliphatic heterocycles. The number of hydrogen-bond acceptors (Lipinski definition) is 14. The van der Waals surface area contributed by atoms with Crippen molar-refractivity contribution in [2.45, 2.75) is 218 Å². The van der Waals surface area contributed by atoms with Gasteiger partial charge in [0.2, 0.25) is 11.8 Å². The zero-order chi connectivity index (χ0) is 44.7. The van der Waals surface area contributed by atoms with Gasteiger partial charge < -0.3 is 45.3 Å². The molecule has 352 valence electrons. The molecule has 1 saturated heterocycles. The molecular weight excluding hydrogens is 807 g/mol. The second-order valence-corrected chi connectivity index (χ2v) is 17.4. The number of aliphatic hydroxyl groups is 4. The van der Waals surface area contributed by atoms with Crippen molar-refractivity contribution < 1.29 is 53.8 Å². The third-order valence-electron chi connectivity index (χ3n) is 10.8. The van der Waals surface area contributed by atoms with Crippen LogP contribution >= 0.6 is 11.8 Å². The fraction of sp³-hybridized carbons (Fsp3) is 0.864. The Labute approximate surface area is 368 Å². The Kier molecular flexibility index (Phi) is 30.0. The second-order valence-electron chi connectivity index (χ2n) is 16.4. The average molecular weight is 886 g/mol. The topological polar surface area (TPSA) is 232 Å². The molecule has 1 aromatic rings. The fourth-order valence-electron chi connectivity index (χ4n) is 7.05. The van der Waals surface area contributed by atoms with Crippen LogP contribution in [0, 0.1) is 0 Å². The second kappa shape index (κ2) is 33.7. The first-order valence-electron chi connectivity index (χ1n) is 23.3. The van der Waals surface area contributed by atoms with Gasteiger partial charge in [0, 0.05) is 30.8 Å². The molecular formula is C44H79N5O11S. The molecule has 2 heterocycles. The Morgan fingerprint density at radius 1 is 0.721 bits per heavy atom. The van der Waals surface area contributed by atoms with Gasteiger partial charge in [0.15, 0.2) is 12.0 Å². The van der Waals surface area contributed by atoms with Crippen LogP contribution in [0.5, 0.6) is 0 Å². The number of amides is 2. The SMILES string of the molecule is CCCCCCCCCC(=O)N[C@H](CSC[C@@H](COC(=O)CCCCCCCCC)OC(=O)CCCCCCCCC)C(=O)Nc1cn(C2OC(CO)C(O)C(O)C2O)nn1. The van der Waals surface area contributed by atoms with Crippen LogP contribution in [-0.2, 0) is 33.4 Å². The van der Waals surface area contributed by atoms with E-state index in [1.807, 2.05) is 0 Å². The third-order valence-corrected chi connectivity index (χ3v) is 12.0. The molecule has 1 fully saturated rings. The lowest BCUT2D eigenvalue weighted by molar-refractivity contribution is -0.254. The number of rotatable bonds is 36. The molecule has 16 nitrogen and oxygen atoms in total. The van der Waals surface area contributed by atoms with Gasteiger partial charge >= 0.3 is 11.9 Å². The highest BCUT2D eigenvalue weighted by Crippen LogP contribution is 2.28. The number of hydrogen-bond donors (Lipinski definition) is 6. The normalized spacial score (nSPS) is 19.9. The Morgan fingerprint density at radius 2 is 1.25 bits per heavy atom. The molecule has 0 aromatic carbocycles. The van der Waals surface area contributed by atoms with Gasteiger partial charge in [-0.2, -0.15) is 11.8 Å². The lowest BCUT2D eigenvalue weighted by Gasteiger charge is -2.39. The molecule has 1 aromatic heterocycles. The van der Waals surface area contributed by atoms with Crippen LogP contribution in [0.2, 0.25) is 0 Å². The molecule has 0 spiro atoms. The standard InChI is InChI=1S/C44H79N5O11S/c1-4-7-10-13-16-19-22-25-37(51)45-34(43(57)46-36-28-49(48-47-36)44-42(56)41(55)40(54)35(29-50)60-44)32-61-31-33(59-39(53)27-24-21-18-15-12-9-6-3)30-58-38(52)26-23-20-17-14-11-8-5-2/h28,33-35,40-42,44,50,54-56H,4-27,29-32H2,1-3H3,(H,45,51)(H,46,57)/t33-,34-,35?,40?,41?,42?,44?/m1/s1. The van der Waals surface area contributed by atoms with Crippen LogP contribution in [0.4, 0.5) is 5.82 Å². The van der Waals surface area contributed by atoms with Crippen LogP contribution in [0.3, 0.4) is 0 Å². The predicted octanol–water partition coefficient (Wildman–Crippen LogP) is 6.28. The van der Waals surface area contributed by atoms with Gasteiger partial charge in [-0.25, -0.2) is 4.68 Å². The maximum absolute atomic E-state index is 13.7. The van der Waals surface area contributed by atoms with Crippen molar-refractivity contribution in [3.8, 4) is 0 Å². The summed E-state index contributed by atoms with van der Waals surface area (Å²) in [5, 5.41) is 53.8. The van der Waals surface area contributed by atoms with Crippen LogP contribution in [0.15, 0.2) is 6.20 Å². The molecule has 0 radical (unpaired) electrons. The molecule has 5 unspecified atom stereocenters. The zero-order valence-electron chi connectivity index (χ0n) is 37.3. The number of aliphatic hydroxyl groups excluding tert-OH is 4. The number of thioether (sulfide) groups is 1. The van der Waals surface area contributed by atoms with E-state index >= 15 is 0 Å². The van der Waals surface area contributed by atoms with E-state index in [-0.39, 0.29) is 61.0 Å². The van der Waals surface area contributed by atoms with E-state index in [0.717, 1.165) is 81.7 Å². The Balaban J connectivity index is 2.08. The summed E-state index contributed by atoms with van der Waals surface area (Å²) in [6.07, 6.45) is 16.1. The van der Waals surface area contributed by atoms with E-state index < -0.39 is 55.3 Å². The summed E-state index contributed by atoms with van der Waals surface area (Å²) in [5.41, 5.74) is 0. The minimum absolute atomic E-state index is 0.0386. The molecule has 61 heavy (non-hydrogen) atoms. The molecule has 0 bridgehead atoms. The highest BCUT2D eigenvalue weighted by atomic mass is 32.2. The van der Waals surface area contributed by atoms with Crippen LogP contribution in [-0.4, -0.2) is 120 Å². The van der Waals surface area contributed by atoms with Gasteiger partial charge in [0.05, 0.1) is 12.8 Å². The number of nitrogens with zero attached hydrogens (tertiary/aromatic N) is 3. The first-order chi connectivity index (χ1) is 29.5. The summed E-state index contributed by atoms with van der Waals surface area (Å²) in [5.74, 6) is -1.36. The van der Waals surface area contributed by atoms with Crippen molar-refractivity contribution in [1.29, 1.82) is 0 Å². The summed E-state index contributed by atoms with van der Waals surface area (Å²) in [6.45, 7) is 5.77. The van der Waals surface area contributed by atoms with E-state index in [9.17, 15) is 39.6 Å². The van der Waals surface area contributed by atoms with Gasteiger partial charge in [0.25, 0.3) is 0 Å². The molecule has 0 aliphatic carbocycles. The van der Waals surface area contributed by atoms with Gasteiger partial charge in [-0.3, -0.25) is 19.2 Å². The van der Waals surface area contributed by atoms with Gasteiger partial charge in [-0.15, -0.1) is 5.10 Å². The van der Waals surface area contributed by atoms with E-state index in [0.29, 0.717) is 12.8 Å². The maximum Gasteiger partial charge on any atom is 0.306 e. The summed E-state index contributed by atoms with van der Waals surface area (Å²) >= 11 is 1.27. The third kappa shape index (κ3) is 23.4. The molecule has 0 saturated carbocycles. The van der Waals surface area contributed by atoms with Crippen molar-refractivity contribution in [3.05, 3.63) is 6.20 Å². The zero-order valence-corrected chi connectivity index (χ0v) is 38.1. The minimum Gasteiger partial charge on any atom is -0.462 e. The molecule has 2 amide bonds. The number of carbonyl (C=O) groups is 4. The van der Waals surface area contributed by atoms with Crippen molar-refractivity contribution in [3.63, 3.8) is 0 Å². The smallest absolute Gasteiger partial charge is 0.306 e. The Hall–Kier alpha value is -2.83. The van der Waals surface area contributed by atoms with E-state index in [1.54, 1.807) is 0 Å². The lowest BCUT2D eigenvalue weighted by Crippen LogP contribution is -2.56. The number of carbonyl (C=O) groups excluding carboxylic acids is 4. The van der Waals surface area contributed by atoms with E-state index in [4.69, 9.17) is 14.2 Å². The largest absolute Gasteiger partial charge is 0.462 e. The fourth-order valence-corrected chi connectivity index (χ4v) is 8.09. The number of anilines is 1. The lowest BCUT2D eigenvalue weighted by atomic mass is 9.98. The van der Waals surface area contributed by atoms with Crippen molar-refractivity contribution in [1.82, 2.24) is 20.3 Å². The monoisotopic (exact) mass is 886 g/mol. The maximum atomic E-state index is 13.7. The Morgan fingerprint density at radius 3 is 1.80 bits per heavy atom. The van der Waals surface area contributed by atoms with E-state index in [1.165, 1.54) is 62.9 Å². The first-order valence-corrected chi connectivity index (χ1v) is 24.4. The summed E-state index contributed by atoms with van der Waals surface area (Å²) in [6, 6.07) is -1.04. The van der Waals surface area contributed by atoms with Crippen LogP contribution < -0.4 is 10.6 Å². The van der Waals surface area contributed by atoms with Gasteiger partial charge in [-0.1, -0.05) is 142 Å². The summed E-state index contributed by atoms with van der Waals surface area (Å²) in [4.78, 5) is 52.5. The number of ether oxygens (including phenoxy) is 3. The van der Waals surface area contributed by atoms with Gasteiger partial charge in [-0.05, 0) is 19.3 Å². The van der Waals surface area contributed by atoms with Crippen LogP contribution in [0.1, 0.15) is 181 Å². The summed E-state index contributed by atoms with van der Waals surface area (Å²) < 4.78 is 18.0. The van der Waals surface area contributed by atoms with Crippen LogP contribution in [0.25, 0.3) is 0 Å². The molecule has 17 heteroatoms. The number of unbranched alkanes of at least 4 members (excludes halogenated alkanes) is 18. The molecule has 7 atom stereocenters. The van der Waals surface area contributed by atoms with Crippen molar-refractivity contribution in [2.24, 2.45) is 0 Å².